The number of hydrogen-bond acceptors (Lipinski definition) is 28. The summed E-state index contributed by atoms with van der Waals surface area (Å²) in [5, 5.41) is 192. The number of ether oxygens (including phenoxy) is 10. The fourth-order valence-corrected chi connectivity index (χ4v) is 16.7. The maximum Gasteiger partial charge on any atom is 0.187 e. The van der Waals surface area contributed by atoms with Crippen LogP contribution in [0.4, 0.5) is 0 Å². The Morgan fingerprint density at radius 2 is 0.966 bits per heavy atom. The van der Waals surface area contributed by atoms with Crippen molar-refractivity contribution in [3.05, 3.63) is 11.6 Å². The molecule has 87 heavy (non-hydrogen) atoms. The van der Waals surface area contributed by atoms with Crippen molar-refractivity contribution in [2.75, 3.05) is 33.0 Å². The molecule has 3 saturated carbocycles. The van der Waals surface area contributed by atoms with Gasteiger partial charge in [0.25, 0.3) is 0 Å². The normalized spacial score (nSPS) is 52.1. The molecule has 0 amide bonds. The van der Waals surface area contributed by atoms with E-state index in [9.17, 15) is 91.9 Å². The largest absolute Gasteiger partial charge is 0.394 e. The third-order valence-electron chi connectivity index (χ3n) is 22.4. The average Bonchev–Trinajstić information content (AvgIpc) is 1.66. The molecule has 0 aromatic rings. The molecule has 5 aliphatic heterocycles. The summed E-state index contributed by atoms with van der Waals surface area (Å²) in [6.07, 6.45) is -33.3. The molecule has 28 nitrogen and oxygen atoms in total. The first-order valence-corrected chi connectivity index (χ1v) is 31.1. The quantitative estimate of drug-likeness (QED) is 0.0509. The molecule has 9 rings (SSSR count). The van der Waals surface area contributed by atoms with Crippen LogP contribution in [-0.4, -0.2) is 296 Å². The van der Waals surface area contributed by atoms with Crippen molar-refractivity contribution in [1.82, 2.24) is 0 Å². The van der Waals surface area contributed by atoms with E-state index < -0.39 is 204 Å². The third-order valence-corrected chi connectivity index (χ3v) is 22.4. The van der Waals surface area contributed by atoms with Gasteiger partial charge in [0.15, 0.2) is 31.5 Å². The number of hydrogen-bond donors (Lipinski definition) is 18. The van der Waals surface area contributed by atoms with Gasteiger partial charge in [-0.1, -0.05) is 46.3 Å². The molecular weight excluding hydrogens is 1160 g/mol. The molecule has 0 spiro atoms. The Morgan fingerprint density at radius 1 is 0.517 bits per heavy atom. The molecular formula is C59H100O28. The maximum absolute atomic E-state index is 11.8. The van der Waals surface area contributed by atoms with Crippen LogP contribution in [0.25, 0.3) is 0 Å². The highest BCUT2D eigenvalue weighted by Crippen LogP contribution is 2.74. The standard InChI is InChI=1S/C59H100O28/c1-23(8-13-35(56(3,4)77)86-55-50(87-54-49(76)43(70)38(65)31(20-62)83-54)45(72)40(67)33(85-55)22-79-52-47(74)42(69)37(64)30(19-61)82-52)26-14-15-59(7)34-12-9-25-24(2)28(11-10-27(25)57(34,5)16-17-58(26,59)6)80-53-48(75)44(71)39(66)32(84-53)21-78-51-46(73)41(68)36(63)29(18-60)81-51/h9,23-24,26-55,60-77H,8,10-22H2,1-7H3/t23-,24-,26?,27?,28+,29-,30-,31+,32-,33-,34?,35-,36-,37-,38+,39-,40-,41+,42+,43-,44+,45+,46-,47-,48-,49+,50-,51+,52-,53-,54-,55+,57+,58-,59+/m1/s1. The van der Waals surface area contributed by atoms with Crippen LogP contribution < -0.4 is 0 Å². The lowest BCUT2D eigenvalue weighted by atomic mass is 9.40. The molecule has 8 fully saturated rings. The number of fused-ring (bicyclic) bond motifs is 5. The average molecular weight is 1260 g/mol. The third kappa shape index (κ3) is 13.1. The van der Waals surface area contributed by atoms with Crippen LogP contribution in [0.1, 0.15) is 106 Å². The minimum Gasteiger partial charge on any atom is -0.394 e. The molecule has 3 unspecified atom stereocenters. The van der Waals surface area contributed by atoms with Gasteiger partial charge in [-0.2, -0.15) is 0 Å². The zero-order chi connectivity index (χ0) is 63.7. The molecule has 18 N–H and O–H groups in total. The van der Waals surface area contributed by atoms with Crippen LogP contribution in [0.3, 0.4) is 0 Å². The Hall–Kier alpha value is -1.38. The van der Waals surface area contributed by atoms with Crippen molar-refractivity contribution in [3.8, 4) is 0 Å². The predicted molar refractivity (Wildman–Crippen MR) is 294 cm³/mol. The SMILES string of the molecule is C[C@H](CC[C@@H](O[C@@H]1O[C@H](CO[C@@H]2O[C@H](CO)[C@@H](O)[C@H](O)[C@H]2O)[C@@H](O)[C@H](O)[C@H]1O[C@H]1O[C@@H](CO)[C@H](O)[C@@H](O)[C@@H]1O)C(C)(C)O)C1CC[C@@]2(C)C3CC=C4C(CC[C@H](O[C@@H]5O[C@H](CO[C@H]6O[C@H](CO)[C@@H](O)[C@H](O)[C@H]6O)[C@@H](O)[C@H](O)[C@H]5O)[C@@H]4C)[C@]3(C)CC[C@]12C. The van der Waals surface area contributed by atoms with Crippen LogP contribution in [0, 0.1) is 45.8 Å². The van der Waals surface area contributed by atoms with Gasteiger partial charge in [0.1, 0.15) is 122 Å². The molecule has 5 heterocycles. The molecule has 0 aromatic heterocycles. The topological polar surface area (TPSA) is 456 Å². The first kappa shape index (κ1) is 69.9. The molecule has 28 heteroatoms. The lowest BCUT2D eigenvalue weighted by molar-refractivity contribution is -0.380. The molecule has 0 aromatic carbocycles. The molecule has 4 aliphatic carbocycles. The highest BCUT2D eigenvalue weighted by atomic mass is 16.8. The fourth-order valence-electron chi connectivity index (χ4n) is 16.7. The van der Waals surface area contributed by atoms with Crippen molar-refractivity contribution in [1.29, 1.82) is 0 Å². The number of allylic oxidation sites excluding steroid dienone is 1. The second-order valence-corrected chi connectivity index (χ2v) is 27.8. The maximum atomic E-state index is 11.8. The second kappa shape index (κ2) is 27.5. The van der Waals surface area contributed by atoms with E-state index in [1.54, 1.807) is 13.8 Å². The molecule has 0 radical (unpaired) electrons. The highest BCUT2D eigenvalue weighted by Gasteiger charge is 2.67. The van der Waals surface area contributed by atoms with E-state index in [0.717, 1.165) is 38.5 Å². The summed E-state index contributed by atoms with van der Waals surface area (Å²) in [5.74, 6) is 0.783. The van der Waals surface area contributed by atoms with Crippen molar-refractivity contribution in [2.24, 2.45) is 45.8 Å². The predicted octanol–water partition coefficient (Wildman–Crippen LogP) is -4.77. The Morgan fingerprint density at radius 3 is 1.47 bits per heavy atom. The van der Waals surface area contributed by atoms with E-state index in [2.05, 4.69) is 40.7 Å². The molecule has 9 aliphatic rings. The number of rotatable bonds is 20. The summed E-state index contributed by atoms with van der Waals surface area (Å²) < 4.78 is 59.3. The molecule has 504 valence electrons. The van der Waals surface area contributed by atoms with Crippen LogP contribution in [-0.2, 0) is 47.4 Å². The van der Waals surface area contributed by atoms with E-state index in [-0.39, 0.29) is 46.3 Å². The number of aliphatic hydroxyl groups is 18. The number of aliphatic hydroxyl groups excluding tert-OH is 17. The summed E-state index contributed by atoms with van der Waals surface area (Å²) in [7, 11) is 0. The van der Waals surface area contributed by atoms with E-state index in [0.29, 0.717) is 18.8 Å². The van der Waals surface area contributed by atoms with Gasteiger partial charge in [-0.05, 0) is 112 Å². The van der Waals surface area contributed by atoms with Gasteiger partial charge in [0, 0.05) is 5.92 Å². The van der Waals surface area contributed by atoms with Gasteiger partial charge >= 0.3 is 0 Å². The molecule has 5 saturated heterocycles. The van der Waals surface area contributed by atoms with E-state index >= 15 is 0 Å². The van der Waals surface area contributed by atoms with Gasteiger partial charge in [-0.25, -0.2) is 0 Å². The summed E-state index contributed by atoms with van der Waals surface area (Å²) in [6, 6.07) is 0. The van der Waals surface area contributed by atoms with Gasteiger partial charge in [0.2, 0.25) is 0 Å². The summed E-state index contributed by atoms with van der Waals surface area (Å²) in [6.45, 7) is 11.3. The summed E-state index contributed by atoms with van der Waals surface area (Å²) in [5.41, 5.74) is -0.579. The van der Waals surface area contributed by atoms with Crippen molar-refractivity contribution >= 4 is 0 Å². The summed E-state index contributed by atoms with van der Waals surface area (Å²) >= 11 is 0. The Balaban J connectivity index is 0.860. The van der Waals surface area contributed by atoms with E-state index in [1.165, 1.54) is 5.57 Å². The van der Waals surface area contributed by atoms with E-state index in [1.807, 2.05) is 0 Å². The molecule has 0 bridgehead atoms. The minimum absolute atomic E-state index is 0.0758. The fraction of sp³-hybridized carbons (Fsp3) is 0.966. The van der Waals surface area contributed by atoms with Gasteiger partial charge in [-0.15, -0.1) is 0 Å². The van der Waals surface area contributed by atoms with Crippen molar-refractivity contribution in [2.45, 2.75) is 278 Å². The van der Waals surface area contributed by atoms with Crippen LogP contribution >= 0.6 is 0 Å². The van der Waals surface area contributed by atoms with Gasteiger partial charge in [-0.3, -0.25) is 0 Å². The lowest BCUT2D eigenvalue weighted by Gasteiger charge is -2.65. The zero-order valence-corrected chi connectivity index (χ0v) is 50.6. The molecule has 35 atom stereocenters. The Labute approximate surface area is 506 Å². The first-order valence-electron chi connectivity index (χ1n) is 31.1. The van der Waals surface area contributed by atoms with Crippen molar-refractivity contribution in [3.63, 3.8) is 0 Å². The lowest BCUT2D eigenvalue weighted by Crippen LogP contribution is -2.65. The van der Waals surface area contributed by atoms with Crippen LogP contribution in [0.15, 0.2) is 11.6 Å². The summed E-state index contributed by atoms with van der Waals surface area (Å²) in [4.78, 5) is 0. The van der Waals surface area contributed by atoms with E-state index in [4.69, 9.17) is 47.4 Å². The monoisotopic (exact) mass is 1260 g/mol. The second-order valence-electron chi connectivity index (χ2n) is 27.8. The smallest absolute Gasteiger partial charge is 0.187 e. The first-order chi connectivity index (χ1) is 40.9. The van der Waals surface area contributed by atoms with Crippen molar-refractivity contribution < 1.29 is 139 Å². The Kier molecular flexibility index (Phi) is 22.1. The van der Waals surface area contributed by atoms with Crippen LogP contribution in [0.5, 0.6) is 0 Å². The Bertz CT molecular complexity index is 2260. The van der Waals surface area contributed by atoms with Gasteiger partial charge in [0.05, 0.1) is 50.8 Å². The van der Waals surface area contributed by atoms with Crippen LogP contribution in [0.2, 0.25) is 0 Å². The zero-order valence-electron chi connectivity index (χ0n) is 50.6. The minimum atomic E-state index is -1.93. The highest BCUT2D eigenvalue weighted by molar-refractivity contribution is 5.27. The van der Waals surface area contributed by atoms with Gasteiger partial charge < -0.3 is 139 Å².